The summed E-state index contributed by atoms with van der Waals surface area (Å²) in [6.45, 7) is 6.26. The highest BCUT2D eigenvalue weighted by molar-refractivity contribution is 7.99. The fourth-order valence-electron chi connectivity index (χ4n) is 3.91. The van der Waals surface area contributed by atoms with Gasteiger partial charge in [0.15, 0.2) is 5.96 Å². The van der Waals surface area contributed by atoms with E-state index in [4.69, 9.17) is 4.74 Å². The van der Waals surface area contributed by atoms with Crippen LogP contribution in [0.15, 0.2) is 29.3 Å². The number of thioether (sulfide) groups is 1. The number of rotatable bonds is 8. The zero-order valence-electron chi connectivity index (χ0n) is 17.1. The van der Waals surface area contributed by atoms with Crippen molar-refractivity contribution < 1.29 is 9.84 Å². The number of ether oxygens (including phenoxy) is 1. The van der Waals surface area contributed by atoms with Crippen molar-refractivity contribution >= 4 is 17.7 Å². The average molecular weight is 407 g/mol. The number of methoxy groups -OCH3 is 1. The van der Waals surface area contributed by atoms with Gasteiger partial charge in [-0.25, -0.2) is 0 Å². The van der Waals surface area contributed by atoms with Gasteiger partial charge in [-0.15, -0.1) is 0 Å². The van der Waals surface area contributed by atoms with Gasteiger partial charge in [0.2, 0.25) is 0 Å². The van der Waals surface area contributed by atoms with Crippen LogP contribution in [0.2, 0.25) is 0 Å². The standard InChI is InChI=1S/C21H34N4O2S/c1-3-22-20(24-15-21(26)10-13-28-16-21)23-14-18(25-11-6-7-12-25)17-8-4-5-9-19(17)27-2/h4-5,8-9,18,26H,3,6-7,10-16H2,1-2H3,(H2,22,23,24). The summed E-state index contributed by atoms with van der Waals surface area (Å²) in [4.78, 5) is 7.21. The topological polar surface area (TPSA) is 69.1 Å². The monoisotopic (exact) mass is 406 g/mol. The maximum atomic E-state index is 10.6. The number of likely N-dealkylation sites (tertiary alicyclic amines) is 1. The maximum absolute atomic E-state index is 10.6. The van der Waals surface area contributed by atoms with Gasteiger partial charge in [-0.2, -0.15) is 11.8 Å². The molecule has 0 saturated carbocycles. The summed E-state index contributed by atoms with van der Waals surface area (Å²) in [6.07, 6.45) is 3.30. The second-order valence-corrected chi connectivity index (χ2v) is 8.71. The van der Waals surface area contributed by atoms with Crippen LogP contribution < -0.4 is 15.4 Å². The molecule has 2 atom stereocenters. The molecule has 0 aliphatic carbocycles. The second-order valence-electron chi connectivity index (χ2n) is 7.60. The molecule has 7 heteroatoms. The van der Waals surface area contributed by atoms with Crippen LogP contribution >= 0.6 is 11.8 Å². The van der Waals surface area contributed by atoms with Crippen molar-refractivity contribution in [2.24, 2.45) is 4.99 Å². The minimum absolute atomic E-state index is 0.229. The molecular weight excluding hydrogens is 372 g/mol. The van der Waals surface area contributed by atoms with Crippen LogP contribution in [0.5, 0.6) is 5.75 Å². The van der Waals surface area contributed by atoms with Crippen molar-refractivity contribution in [3.05, 3.63) is 29.8 Å². The zero-order chi connectivity index (χ0) is 19.8. The van der Waals surface area contributed by atoms with E-state index >= 15 is 0 Å². The van der Waals surface area contributed by atoms with Gasteiger partial charge in [0.05, 0.1) is 25.3 Å². The molecule has 0 aromatic heterocycles. The van der Waals surface area contributed by atoms with Crippen molar-refractivity contribution in [2.75, 3.05) is 51.3 Å². The fraction of sp³-hybridized carbons (Fsp3) is 0.667. The average Bonchev–Trinajstić information content (AvgIpc) is 3.39. The minimum atomic E-state index is -0.663. The Labute approximate surface area is 173 Å². The van der Waals surface area contributed by atoms with E-state index in [1.165, 1.54) is 18.4 Å². The lowest BCUT2D eigenvalue weighted by molar-refractivity contribution is 0.0778. The number of aliphatic imine (C=N–C) groups is 1. The summed E-state index contributed by atoms with van der Waals surface area (Å²) < 4.78 is 5.63. The quantitative estimate of drug-likeness (QED) is 0.454. The highest BCUT2D eigenvalue weighted by Gasteiger charge is 2.31. The Hall–Kier alpha value is -1.44. The van der Waals surface area contributed by atoms with Crippen molar-refractivity contribution in [3.63, 3.8) is 0 Å². The molecule has 0 amide bonds. The molecule has 3 rings (SSSR count). The largest absolute Gasteiger partial charge is 0.496 e. The van der Waals surface area contributed by atoms with Crippen LogP contribution in [0, 0.1) is 0 Å². The number of aliphatic hydroxyl groups is 1. The van der Waals surface area contributed by atoms with Crippen LogP contribution in [0.25, 0.3) is 0 Å². The predicted octanol–water partition coefficient (Wildman–Crippen LogP) is 2.26. The van der Waals surface area contributed by atoms with E-state index in [9.17, 15) is 5.11 Å². The van der Waals surface area contributed by atoms with Crippen molar-refractivity contribution in [3.8, 4) is 5.75 Å². The normalized spacial score (nSPS) is 24.3. The first-order valence-electron chi connectivity index (χ1n) is 10.3. The van der Waals surface area contributed by atoms with Gasteiger partial charge in [-0.3, -0.25) is 9.89 Å². The molecule has 6 nitrogen and oxygen atoms in total. The molecule has 1 aromatic carbocycles. The summed E-state index contributed by atoms with van der Waals surface area (Å²) in [6, 6.07) is 8.51. The van der Waals surface area contributed by atoms with Gasteiger partial charge >= 0.3 is 0 Å². The molecule has 2 aliphatic rings. The molecule has 1 aromatic rings. The predicted molar refractivity (Wildman–Crippen MR) is 117 cm³/mol. The lowest BCUT2D eigenvalue weighted by atomic mass is 10.0. The number of guanidine groups is 1. The lowest BCUT2D eigenvalue weighted by Crippen LogP contribution is -2.44. The Balaban J connectivity index is 1.71. The highest BCUT2D eigenvalue weighted by Crippen LogP contribution is 2.31. The van der Waals surface area contributed by atoms with Crippen LogP contribution in [0.4, 0.5) is 0 Å². The second kappa shape index (κ2) is 10.4. The van der Waals surface area contributed by atoms with E-state index < -0.39 is 5.60 Å². The Morgan fingerprint density at radius 2 is 2.11 bits per heavy atom. The molecule has 156 valence electrons. The van der Waals surface area contributed by atoms with Gasteiger partial charge in [0.25, 0.3) is 0 Å². The van der Waals surface area contributed by atoms with E-state index in [0.717, 1.165) is 55.8 Å². The molecule has 2 aliphatic heterocycles. The fourth-order valence-corrected chi connectivity index (χ4v) is 5.20. The third-order valence-corrected chi connectivity index (χ3v) is 6.73. The van der Waals surface area contributed by atoms with E-state index in [-0.39, 0.29) is 6.04 Å². The molecule has 2 fully saturated rings. The number of hydrogen-bond donors (Lipinski definition) is 3. The molecule has 3 N–H and O–H groups in total. The SMILES string of the molecule is CCNC(=NCC1(O)CCSC1)NCC(c1ccccc1OC)N1CCCC1. The zero-order valence-corrected chi connectivity index (χ0v) is 17.9. The number of hydrogen-bond acceptors (Lipinski definition) is 5. The van der Waals surface area contributed by atoms with Crippen LogP contribution in [-0.4, -0.2) is 72.9 Å². The Morgan fingerprint density at radius 1 is 1.32 bits per heavy atom. The first-order valence-corrected chi connectivity index (χ1v) is 11.5. The number of nitrogens with one attached hydrogen (secondary N) is 2. The van der Waals surface area contributed by atoms with Gasteiger partial charge in [-0.05, 0) is 51.1 Å². The maximum Gasteiger partial charge on any atom is 0.191 e. The van der Waals surface area contributed by atoms with E-state index in [0.29, 0.717) is 6.54 Å². The van der Waals surface area contributed by atoms with Crippen molar-refractivity contribution in [1.82, 2.24) is 15.5 Å². The molecule has 28 heavy (non-hydrogen) atoms. The molecule has 0 radical (unpaired) electrons. The smallest absolute Gasteiger partial charge is 0.191 e. The third-order valence-electron chi connectivity index (χ3n) is 5.50. The first-order chi connectivity index (χ1) is 13.6. The summed E-state index contributed by atoms with van der Waals surface area (Å²) >= 11 is 1.80. The van der Waals surface area contributed by atoms with Crippen LogP contribution in [0.1, 0.15) is 37.8 Å². The highest BCUT2D eigenvalue weighted by atomic mass is 32.2. The van der Waals surface area contributed by atoms with E-state index in [2.05, 4.69) is 39.6 Å². The molecule has 0 spiro atoms. The van der Waals surface area contributed by atoms with Crippen LogP contribution in [-0.2, 0) is 0 Å². The number of para-hydroxylation sites is 1. The van der Waals surface area contributed by atoms with Crippen LogP contribution in [0.3, 0.4) is 0 Å². The lowest BCUT2D eigenvalue weighted by Gasteiger charge is -2.30. The van der Waals surface area contributed by atoms with Crippen molar-refractivity contribution in [1.29, 1.82) is 0 Å². The van der Waals surface area contributed by atoms with Gasteiger partial charge in [0, 0.05) is 24.4 Å². The Kier molecular flexibility index (Phi) is 7.88. The minimum Gasteiger partial charge on any atom is -0.496 e. The van der Waals surface area contributed by atoms with Gasteiger partial charge in [0.1, 0.15) is 5.75 Å². The van der Waals surface area contributed by atoms with Gasteiger partial charge < -0.3 is 20.5 Å². The molecule has 2 saturated heterocycles. The van der Waals surface area contributed by atoms with Gasteiger partial charge in [-0.1, -0.05) is 18.2 Å². The van der Waals surface area contributed by atoms with E-state index in [1.54, 1.807) is 18.9 Å². The summed E-state index contributed by atoms with van der Waals surface area (Å²) in [7, 11) is 1.74. The Bertz CT molecular complexity index is 643. The number of benzene rings is 1. The molecular formula is C21H34N4O2S. The summed E-state index contributed by atoms with van der Waals surface area (Å²) in [5, 5.41) is 17.4. The summed E-state index contributed by atoms with van der Waals surface area (Å²) in [5.74, 6) is 3.49. The molecule has 2 heterocycles. The third kappa shape index (κ3) is 5.55. The van der Waals surface area contributed by atoms with Crippen molar-refractivity contribution in [2.45, 2.75) is 37.8 Å². The first kappa shape index (κ1) is 21.3. The molecule has 0 bridgehead atoms. The van der Waals surface area contributed by atoms with E-state index in [1.807, 2.05) is 12.1 Å². The molecule has 2 unspecified atom stereocenters. The number of nitrogens with zero attached hydrogens (tertiary/aromatic N) is 2. The Morgan fingerprint density at radius 3 is 2.79 bits per heavy atom. The summed E-state index contributed by atoms with van der Waals surface area (Å²) in [5.41, 5.74) is 0.547.